The number of hydrogen-bond donors (Lipinski definition) is 2. The summed E-state index contributed by atoms with van der Waals surface area (Å²) in [5.41, 5.74) is 1.85. The molecule has 0 radical (unpaired) electrons. The molecule has 0 spiro atoms. The maximum Gasteiger partial charge on any atom is 0.274 e. The van der Waals surface area contributed by atoms with Gasteiger partial charge in [0.2, 0.25) is 11.8 Å². The van der Waals surface area contributed by atoms with Gasteiger partial charge >= 0.3 is 0 Å². The van der Waals surface area contributed by atoms with E-state index in [0.29, 0.717) is 50.4 Å². The number of benzene rings is 1. The van der Waals surface area contributed by atoms with Gasteiger partial charge in [-0.05, 0) is 18.2 Å². The van der Waals surface area contributed by atoms with E-state index in [2.05, 4.69) is 25.5 Å². The Kier molecular flexibility index (Phi) is 7.70. The minimum atomic E-state index is -0.312. The Morgan fingerprint density at radius 2 is 1.75 bits per heavy atom. The van der Waals surface area contributed by atoms with E-state index < -0.39 is 0 Å². The summed E-state index contributed by atoms with van der Waals surface area (Å²) in [6, 6.07) is 9.10. The molecule has 10 heteroatoms. The lowest BCUT2D eigenvalue weighted by molar-refractivity contribution is 0.0320. The SMILES string of the molecule is CNc1cccc(NC(=O)c2cc(OCCN3CCOCC3)nc(N3CCOCC3)n2)c1. The molecule has 0 bridgehead atoms. The van der Waals surface area contributed by atoms with E-state index in [-0.39, 0.29) is 11.6 Å². The summed E-state index contributed by atoms with van der Waals surface area (Å²) in [6.07, 6.45) is 0. The van der Waals surface area contributed by atoms with Crippen molar-refractivity contribution in [1.82, 2.24) is 14.9 Å². The Morgan fingerprint density at radius 1 is 1.03 bits per heavy atom. The lowest BCUT2D eigenvalue weighted by atomic mass is 10.2. The van der Waals surface area contributed by atoms with E-state index >= 15 is 0 Å². The highest BCUT2D eigenvalue weighted by atomic mass is 16.5. The number of rotatable bonds is 8. The Labute approximate surface area is 187 Å². The van der Waals surface area contributed by atoms with Crippen molar-refractivity contribution in [3.8, 4) is 5.88 Å². The molecule has 1 aromatic carbocycles. The summed E-state index contributed by atoms with van der Waals surface area (Å²) in [6.45, 7) is 7.07. The molecule has 172 valence electrons. The first-order valence-corrected chi connectivity index (χ1v) is 10.9. The number of nitrogens with zero attached hydrogens (tertiary/aromatic N) is 4. The third-order valence-corrected chi connectivity index (χ3v) is 5.39. The fourth-order valence-corrected chi connectivity index (χ4v) is 3.56. The Morgan fingerprint density at radius 3 is 2.50 bits per heavy atom. The molecule has 1 amide bonds. The van der Waals surface area contributed by atoms with Crippen molar-refractivity contribution in [2.75, 3.05) is 88.3 Å². The van der Waals surface area contributed by atoms with Crippen LogP contribution in [0.5, 0.6) is 5.88 Å². The first kappa shape index (κ1) is 22.3. The summed E-state index contributed by atoms with van der Waals surface area (Å²) in [5, 5.41) is 5.97. The minimum Gasteiger partial charge on any atom is -0.476 e. The van der Waals surface area contributed by atoms with Crippen molar-refractivity contribution in [2.45, 2.75) is 0 Å². The highest BCUT2D eigenvalue weighted by Crippen LogP contribution is 2.20. The Hall–Kier alpha value is -2.95. The highest BCUT2D eigenvalue weighted by molar-refractivity contribution is 6.03. The summed E-state index contributed by atoms with van der Waals surface area (Å²) in [4.78, 5) is 26.4. The van der Waals surface area contributed by atoms with E-state index in [1.807, 2.05) is 36.2 Å². The van der Waals surface area contributed by atoms with Gasteiger partial charge in [-0.2, -0.15) is 4.98 Å². The molecule has 2 aliphatic rings. The van der Waals surface area contributed by atoms with Crippen molar-refractivity contribution >= 4 is 23.2 Å². The van der Waals surface area contributed by atoms with Gasteiger partial charge in [-0.3, -0.25) is 9.69 Å². The molecule has 1 aromatic heterocycles. The Bertz CT molecular complexity index is 900. The maximum atomic E-state index is 13.0. The van der Waals surface area contributed by atoms with Crippen LogP contribution in [-0.2, 0) is 9.47 Å². The number of morpholine rings is 2. The first-order valence-electron chi connectivity index (χ1n) is 10.9. The molecule has 4 rings (SSSR count). The van der Waals surface area contributed by atoms with Gasteiger partial charge < -0.3 is 29.7 Å². The number of amides is 1. The highest BCUT2D eigenvalue weighted by Gasteiger charge is 2.19. The third-order valence-electron chi connectivity index (χ3n) is 5.39. The number of hydrogen-bond acceptors (Lipinski definition) is 9. The second-order valence-corrected chi connectivity index (χ2v) is 7.58. The largest absolute Gasteiger partial charge is 0.476 e. The van der Waals surface area contributed by atoms with Gasteiger partial charge in [0.25, 0.3) is 5.91 Å². The molecule has 0 saturated carbocycles. The summed E-state index contributed by atoms with van der Waals surface area (Å²) in [5.74, 6) is 0.559. The van der Waals surface area contributed by atoms with E-state index in [1.165, 1.54) is 0 Å². The van der Waals surface area contributed by atoms with Gasteiger partial charge in [0.15, 0.2) is 0 Å². The number of nitrogens with one attached hydrogen (secondary N) is 2. The van der Waals surface area contributed by atoms with Crippen LogP contribution < -0.4 is 20.3 Å². The standard InChI is InChI=1S/C22H30N6O4/c1-23-17-3-2-4-18(15-17)24-21(29)19-16-20(32-14-7-27-5-10-30-11-6-27)26-22(25-19)28-8-12-31-13-9-28/h2-4,15-16,23H,5-14H2,1H3,(H,24,29). The first-order chi connectivity index (χ1) is 15.7. The van der Waals surface area contributed by atoms with Crippen LogP contribution in [0.1, 0.15) is 10.5 Å². The molecule has 2 aromatic rings. The summed E-state index contributed by atoms with van der Waals surface area (Å²) >= 11 is 0. The van der Waals surface area contributed by atoms with Crippen molar-refractivity contribution in [3.63, 3.8) is 0 Å². The third kappa shape index (κ3) is 6.06. The van der Waals surface area contributed by atoms with Gasteiger partial charge in [-0.1, -0.05) is 6.07 Å². The molecule has 2 fully saturated rings. The van der Waals surface area contributed by atoms with Crippen molar-refractivity contribution in [2.24, 2.45) is 0 Å². The van der Waals surface area contributed by atoms with Crippen LogP contribution in [0.4, 0.5) is 17.3 Å². The van der Waals surface area contributed by atoms with Crippen molar-refractivity contribution < 1.29 is 19.0 Å². The Balaban J connectivity index is 1.48. The van der Waals surface area contributed by atoms with Gasteiger partial charge in [0, 0.05) is 57.2 Å². The average molecular weight is 443 g/mol. The van der Waals surface area contributed by atoms with Crippen LogP contribution >= 0.6 is 0 Å². The van der Waals surface area contributed by atoms with E-state index in [4.69, 9.17) is 14.2 Å². The van der Waals surface area contributed by atoms with E-state index in [9.17, 15) is 4.79 Å². The summed E-state index contributed by atoms with van der Waals surface area (Å²) < 4.78 is 16.8. The molecule has 32 heavy (non-hydrogen) atoms. The van der Waals surface area contributed by atoms with Gasteiger partial charge in [0.05, 0.1) is 26.4 Å². The number of anilines is 3. The van der Waals surface area contributed by atoms with Crippen LogP contribution in [-0.4, -0.2) is 93.6 Å². The maximum absolute atomic E-state index is 13.0. The quantitative estimate of drug-likeness (QED) is 0.627. The van der Waals surface area contributed by atoms with Crippen LogP contribution in [0.2, 0.25) is 0 Å². The van der Waals surface area contributed by atoms with E-state index in [1.54, 1.807) is 6.07 Å². The number of aromatic nitrogens is 2. The molecule has 2 N–H and O–H groups in total. The normalized spacial score (nSPS) is 17.1. The van der Waals surface area contributed by atoms with Crippen LogP contribution in [0.15, 0.2) is 30.3 Å². The number of carbonyl (C=O) groups excluding carboxylic acids is 1. The zero-order chi connectivity index (χ0) is 22.2. The zero-order valence-electron chi connectivity index (χ0n) is 18.4. The van der Waals surface area contributed by atoms with Crippen molar-refractivity contribution in [1.29, 1.82) is 0 Å². The fraction of sp³-hybridized carbons (Fsp3) is 0.500. The van der Waals surface area contributed by atoms with Gasteiger partial charge in [0.1, 0.15) is 12.3 Å². The monoisotopic (exact) mass is 442 g/mol. The minimum absolute atomic E-state index is 0.262. The average Bonchev–Trinajstić information content (AvgIpc) is 2.85. The summed E-state index contributed by atoms with van der Waals surface area (Å²) in [7, 11) is 1.83. The van der Waals surface area contributed by atoms with Gasteiger partial charge in [-0.25, -0.2) is 4.98 Å². The smallest absolute Gasteiger partial charge is 0.274 e. The van der Waals surface area contributed by atoms with Crippen LogP contribution in [0.25, 0.3) is 0 Å². The molecular formula is C22H30N6O4. The lowest BCUT2D eigenvalue weighted by Crippen LogP contribution is -2.39. The van der Waals surface area contributed by atoms with E-state index in [0.717, 1.165) is 38.5 Å². The van der Waals surface area contributed by atoms with Crippen LogP contribution in [0, 0.1) is 0 Å². The molecule has 10 nitrogen and oxygen atoms in total. The fourth-order valence-electron chi connectivity index (χ4n) is 3.56. The lowest BCUT2D eigenvalue weighted by Gasteiger charge is -2.27. The van der Waals surface area contributed by atoms with Crippen LogP contribution in [0.3, 0.4) is 0 Å². The number of ether oxygens (including phenoxy) is 3. The number of carbonyl (C=O) groups is 1. The van der Waals surface area contributed by atoms with Gasteiger partial charge in [-0.15, -0.1) is 0 Å². The predicted molar refractivity (Wildman–Crippen MR) is 122 cm³/mol. The van der Waals surface area contributed by atoms with Crippen molar-refractivity contribution in [3.05, 3.63) is 36.0 Å². The predicted octanol–water partition coefficient (Wildman–Crippen LogP) is 1.32. The second-order valence-electron chi connectivity index (χ2n) is 7.58. The molecule has 0 atom stereocenters. The molecule has 0 aliphatic carbocycles. The molecule has 2 saturated heterocycles. The zero-order valence-corrected chi connectivity index (χ0v) is 18.4. The molecule has 2 aliphatic heterocycles. The topological polar surface area (TPSA) is 101 Å². The molecular weight excluding hydrogens is 412 g/mol. The molecule has 0 unspecified atom stereocenters. The second kappa shape index (κ2) is 11.1. The molecule has 3 heterocycles.